The summed E-state index contributed by atoms with van der Waals surface area (Å²) in [6.45, 7) is 5.62. The number of anilines is 1. The maximum atomic E-state index is 7.90. The van der Waals surface area contributed by atoms with Crippen LogP contribution in [0.4, 0.5) is 5.82 Å². The summed E-state index contributed by atoms with van der Waals surface area (Å²) >= 11 is 0. The molecule has 1 aromatic rings. The van der Waals surface area contributed by atoms with E-state index >= 15 is 0 Å². The second-order valence-electron chi connectivity index (χ2n) is 4.91. The molecule has 2 N–H and O–H groups in total. The third-order valence-corrected chi connectivity index (χ3v) is 2.97. The monoisotopic (exact) mass is 247 g/mol. The SMILES string of the molecule is CCCC(=N)Cc1cc(C)nc(NC2COC2)c1. The van der Waals surface area contributed by atoms with Gasteiger partial charge < -0.3 is 15.5 Å². The van der Waals surface area contributed by atoms with Crippen LogP contribution >= 0.6 is 0 Å². The maximum absolute atomic E-state index is 7.90. The molecule has 0 aliphatic carbocycles. The Kier molecular flexibility index (Phi) is 4.31. The van der Waals surface area contributed by atoms with Crippen molar-refractivity contribution in [2.45, 2.75) is 39.2 Å². The zero-order valence-electron chi connectivity index (χ0n) is 11.1. The van der Waals surface area contributed by atoms with Crippen LogP contribution in [-0.2, 0) is 11.2 Å². The summed E-state index contributed by atoms with van der Waals surface area (Å²) in [6, 6.07) is 4.50. The van der Waals surface area contributed by atoms with Crippen molar-refractivity contribution < 1.29 is 4.74 Å². The first-order chi connectivity index (χ1) is 8.67. The van der Waals surface area contributed by atoms with E-state index in [2.05, 4.69) is 29.4 Å². The number of rotatable bonds is 6. The van der Waals surface area contributed by atoms with Gasteiger partial charge >= 0.3 is 0 Å². The molecule has 4 heteroatoms. The van der Waals surface area contributed by atoms with Crippen LogP contribution in [0.2, 0.25) is 0 Å². The molecule has 1 aromatic heterocycles. The molecule has 0 aromatic carbocycles. The van der Waals surface area contributed by atoms with Crippen molar-refractivity contribution in [1.82, 2.24) is 4.98 Å². The molecule has 0 amide bonds. The van der Waals surface area contributed by atoms with Gasteiger partial charge in [0.1, 0.15) is 5.82 Å². The first-order valence-corrected chi connectivity index (χ1v) is 6.55. The van der Waals surface area contributed by atoms with E-state index in [4.69, 9.17) is 10.1 Å². The Morgan fingerprint density at radius 2 is 2.28 bits per heavy atom. The summed E-state index contributed by atoms with van der Waals surface area (Å²) in [5, 5.41) is 11.3. The van der Waals surface area contributed by atoms with E-state index in [-0.39, 0.29) is 0 Å². The van der Waals surface area contributed by atoms with Gasteiger partial charge in [0.15, 0.2) is 0 Å². The van der Waals surface area contributed by atoms with Crippen LogP contribution in [0, 0.1) is 12.3 Å². The molecule has 0 saturated carbocycles. The van der Waals surface area contributed by atoms with Gasteiger partial charge in [-0.1, -0.05) is 13.3 Å². The molecule has 0 radical (unpaired) electrons. The van der Waals surface area contributed by atoms with Crippen molar-refractivity contribution in [3.8, 4) is 0 Å². The number of nitrogens with one attached hydrogen (secondary N) is 2. The highest BCUT2D eigenvalue weighted by Crippen LogP contribution is 2.15. The Hall–Kier alpha value is -1.42. The number of aromatic nitrogens is 1. The van der Waals surface area contributed by atoms with Crippen LogP contribution in [-0.4, -0.2) is 30.0 Å². The molecule has 1 aliphatic rings. The van der Waals surface area contributed by atoms with E-state index < -0.39 is 0 Å². The van der Waals surface area contributed by atoms with Gasteiger partial charge in [0.05, 0.1) is 19.3 Å². The molecular formula is C14H21N3O. The molecular weight excluding hydrogens is 226 g/mol. The molecule has 1 saturated heterocycles. The predicted octanol–water partition coefficient (Wildman–Crippen LogP) is 2.56. The predicted molar refractivity (Wildman–Crippen MR) is 73.5 cm³/mol. The van der Waals surface area contributed by atoms with Crippen LogP contribution in [0.15, 0.2) is 12.1 Å². The number of hydrogen-bond acceptors (Lipinski definition) is 4. The Morgan fingerprint density at radius 3 is 2.89 bits per heavy atom. The highest BCUT2D eigenvalue weighted by atomic mass is 16.5. The number of ether oxygens (including phenoxy) is 1. The molecule has 0 bridgehead atoms. The summed E-state index contributed by atoms with van der Waals surface area (Å²) in [6.07, 6.45) is 2.64. The van der Waals surface area contributed by atoms with E-state index in [0.717, 1.165) is 49.7 Å². The third-order valence-electron chi connectivity index (χ3n) is 2.97. The Bertz CT molecular complexity index is 427. The summed E-state index contributed by atoms with van der Waals surface area (Å²) in [5.41, 5.74) is 2.96. The third kappa shape index (κ3) is 3.53. The normalized spacial score (nSPS) is 15.2. The molecule has 18 heavy (non-hydrogen) atoms. The number of hydrogen-bond donors (Lipinski definition) is 2. The molecule has 1 fully saturated rings. The first-order valence-electron chi connectivity index (χ1n) is 6.55. The quantitative estimate of drug-likeness (QED) is 0.760. The summed E-state index contributed by atoms with van der Waals surface area (Å²) < 4.78 is 5.14. The average molecular weight is 247 g/mol. The minimum Gasteiger partial charge on any atom is -0.377 e. The number of nitrogens with zero attached hydrogens (tertiary/aromatic N) is 1. The lowest BCUT2D eigenvalue weighted by molar-refractivity contribution is 0.0209. The highest BCUT2D eigenvalue weighted by molar-refractivity contribution is 5.83. The van der Waals surface area contributed by atoms with Gasteiger partial charge in [0.25, 0.3) is 0 Å². The van der Waals surface area contributed by atoms with E-state index in [1.54, 1.807) is 0 Å². The Balaban J connectivity index is 2.02. The minimum atomic E-state index is 0.391. The molecule has 98 valence electrons. The number of pyridine rings is 1. The van der Waals surface area contributed by atoms with Crippen molar-refractivity contribution in [3.05, 3.63) is 23.4 Å². The highest BCUT2D eigenvalue weighted by Gasteiger charge is 2.18. The van der Waals surface area contributed by atoms with Gasteiger partial charge in [0.2, 0.25) is 0 Å². The fourth-order valence-corrected chi connectivity index (χ4v) is 2.08. The fourth-order valence-electron chi connectivity index (χ4n) is 2.08. The molecule has 4 nitrogen and oxygen atoms in total. The summed E-state index contributed by atoms with van der Waals surface area (Å²) in [7, 11) is 0. The van der Waals surface area contributed by atoms with E-state index in [1.807, 2.05) is 6.92 Å². The fraction of sp³-hybridized carbons (Fsp3) is 0.571. The first kappa shape index (κ1) is 13.0. The smallest absolute Gasteiger partial charge is 0.126 e. The van der Waals surface area contributed by atoms with Gasteiger partial charge in [-0.2, -0.15) is 0 Å². The summed E-state index contributed by atoms with van der Waals surface area (Å²) in [4.78, 5) is 4.47. The maximum Gasteiger partial charge on any atom is 0.126 e. The van der Waals surface area contributed by atoms with E-state index in [1.165, 1.54) is 5.56 Å². The van der Waals surface area contributed by atoms with Gasteiger partial charge in [-0.15, -0.1) is 0 Å². The number of aryl methyl sites for hydroxylation is 1. The lowest BCUT2D eigenvalue weighted by atomic mass is 10.1. The standard InChI is InChI=1S/C14H21N3O/c1-3-4-12(15)6-11-5-10(2)16-14(7-11)17-13-8-18-9-13/h5,7,13,15H,3-4,6,8-9H2,1-2H3,(H,16,17). The molecule has 0 atom stereocenters. The minimum absolute atomic E-state index is 0.391. The van der Waals surface area contributed by atoms with Gasteiger partial charge in [0, 0.05) is 17.8 Å². The van der Waals surface area contributed by atoms with Crippen molar-refractivity contribution >= 4 is 11.5 Å². The Labute approximate surface area is 108 Å². The zero-order chi connectivity index (χ0) is 13.0. The van der Waals surface area contributed by atoms with Gasteiger partial charge in [-0.05, 0) is 31.0 Å². The van der Waals surface area contributed by atoms with Crippen LogP contribution in [0.25, 0.3) is 0 Å². The summed E-state index contributed by atoms with van der Waals surface area (Å²) in [5.74, 6) is 0.905. The molecule has 0 spiro atoms. The van der Waals surface area contributed by atoms with Crippen LogP contribution < -0.4 is 5.32 Å². The second kappa shape index (κ2) is 5.96. The van der Waals surface area contributed by atoms with Crippen molar-refractivity contribution in [3.63, 3.8) is 0 Å². The van der Waals surface area contributed by atoms with Crippen LogP contribution in [0.3, 0.4) is 0 Å². The molecule has 0 unspecified atom stereocenters. The van der Waals surface area contributed by atoms with Crippen LogP contribution in [0.5, 0.6) is 0 Å². The lowest BCUT2D eigenvalue weighted by Gasteiger charge is -2.27. The van der Waals surface area contributed by atoms with E-state index in [0.29, 0.717) is 6.04 Å². The van der Waals surface area contributed by atoms with Crippen LogP contribution in [0.1, 0.15) is 31.0 Å². The topological polar surface area (TPSA) is 58.0 Å². The molecule has 2 heterocycles. The van der Waals surface area contributed by atoms with Crippen molar-refractivity contribution in [2.24, 2.45) is 0 Å². The lowest BCUT2D eigenvalue weighted by Crippen LogP contribution is -2.40. The van der Waals surface area contributed by atoms with Gasteiger partial charge in [-0.25, -0.2) is 4.98 Å². The van der Waals surface area contributed by atoms with Gasteiger partial charge in [-0.3, -0.25) is 0 Å². The molecule has 2 rings (SSSR count). The largest absolute Gasteiger partial charge is 0.377 e. The van der Waals surface area contributed by atoms with E-state index in [9.17, 15) is 0 Å². The second-order valence-corrected chi connectivity index (χ2v) is 4.91. The average Bonchev–Trinajstić information content (AvgIpc) is 2.23. The van der Waals surface area contributed by atoms with Crippen molar-refractivity contribution in [2.75, 3.05) is 18.5 Å². The molecule has 1 aliphatic heterocycles. The Morgan fingerprint density at radius 1 is 1.50 bits per heavy atom. The zero-order valence-corrected chi connectivity index (χ0v) is 11.1. The van der Waals surface area contributed by atoms with Crippen molar-refractivity contribution in [1.29, 1.82) is 5.41 Å².